The van der Waals surface area contributed by atoms with Crippen LogP contribution in [0.15, 0.2) is 27.4 Å². The molecule has 112 valence electrons. The van der Waals surface area contributed by atoms with Crippen LogP contribution in [-0.2, 0) is 0 Å². The van der Waals surface area contributed by atoms with Crippen molar-refractivity contribution < 1.29 is 23.7 Å². The van der Waals surface area contributed by atoms with E-state index < -0.39 is 17.3 Å². The molecule has 21 heavy (non-hydrogen) atoms. The third kappa shape index (κ3) is 2.31. The lowest BCUT2D eigenvalue weighted by molar-refractivity contribution is -0.0655. The van der Waals surface area contributed by atoms with Crippen molar-refractivity contribution in [1.82, 2.24) is 0 Å². The highest BCUT2D eigenvalue weighted by Gasteiger charge is 2.36. The van der Waals surface area contributed by atoms with Crippen LogP contribution in [0.1, 0.15) is 13.8 Å². The van der Waals surface area contributed by atoms with Gasteiger partial charge < -0.3 is 23.7 Å². The molecule has 2 aromatic rings. The summed E-state index contributed by atoms with van der Waals surface area (Å²) in [6, 6.07) is 4.66. The molecule has 0 unspecified atom stereocenters. The predicted molar refractivity (Wildman–Crippen MR) is 75.2 cm³/mol. The third-order valence-corrected chi connectivity index (χ3v) is 3.43. The van der Waals surface area contributed by atoms with Crippen LogP contribution in [0.5, 0.6) is 17.2 Å². The van der Waals surface area contributed by atoms with Crippen LogP contribution in [0.3, 0.4) is 0 Å². The van der Waals surface area contributed by atoms with Crippen molar-refractivity contribution in [3.05, 3.63) is 28.6 Å². The highest BCUT2D eigenvalue weighted by Crippen LogP contribution is 2.46. The van der Waals surface area contributed by atoms with Crippen molar-refractivity contribution >= 4 is 11.0 Å². The Labute approximate surface area is 120 Å². The summed E-state index contributed by atoms with van der Waals surface area (Å²) >= 11 is 0. The lowest BCUT2D eigenvalue weighted by atomic mass is 10.0. The molecule has 0 fully saturated rings. The van der Waals surface area contributed by atoms with Crippen LogP contribution < -0.4 is 19.8 Å². The summed E-state index contributed by atoms with van der Waals surface area (Å²) in [7, 11) is 1.52. The van der Waals surface area contributed by atoms with E-state index in [0.717, 1.165) is 0 Å². The molecule has 1 atom stereocenters. The molecule has 1 aromatic heterocycles. The van der Waals surface area contributed by atoms with Gasteiger partial charge in [-0.05, 0) is 26.0 Å². The zero-order valence-electron chi connectivity index (χ0n) is 12.0. The Morgan fingerprint density at radius 1 is 1.33 bits per heavy atom. The van der Waals surface area contributed by atoms with Gasteiger partial charge in [-0.1, -0.05) is 0 Å². The normalized spacial score (nSPS) is 17.8. The van der Waals surface area contributed by atoms with Gasteiger partial charge in [-0.25, -0.2) is 4.79 Å². The van der Waals surface area contributed by atoms with E-state index in [-0.39, 0.29) is 17.9 Å². The standard InChI is InChI=1S/C15H16O6/c1-15(2,17)10-7-19-13-9(18-3)6-8-4-5-11(16)21-12(8)14(13)20-10/h4-6,10,17H,7H2,1-3H3/t10-/m0/s1. The van der Waals surface area contributed by atoms with E-state index in [2.05, 4.69) is 0 Å². The van der Waals surface area contributed by atoms with Gasteiger partial charge in [-0.2, -0.15) is 0 Å². The quantitative estimate of drug-likeness (QED) is 0.849. The molecule has 1 N–H and O–H groups in total. The molecule has 0 spiro atoms. The number of hydrogen-bond acceptors (Lipinski definition) is 6. The van der Waals surface area contributed by atoms with Gasteiger partial charge >= 0.3 is 5.63 Å². The summed E-state index contributed by atoms with van der Waals surface area (Å²) in [5.74, 6) is 1.14. The maximum atomic E-state index is 11.5. The van der Waals surface area contributed by atoms with Gasteiger partial charge in [0.1, 0.15) is 6.61 Å². The zero-order chi connectivity index (χ0) is 15.2. The summed E-state index contributed by atoms with van der Waals surface area (Å²) in [6.07, 6.45) is -0.578. The molecule has 0 radical (unpaired) electrons. The topological polar surface area (TPSA) is 78.1 Å². The number of hydrogen-bond donors (Lipinski definition) is 1. The number of fused-ring (bicyclic) bond motifs is 3. The molecule has 1 aliphatic heterocycles. The first-order chi connectivity index (χ1) is 9.90. The smallest absolute Gasteiger partial charge is 0.336 e. The molecule has 1 aliphatic rings. The predicted octanol–water partition coefficient (Wildman–Crippen LogP) is 1.71. The van der Waals surface area contributed by atoms with E-state index in [0.29, 0.717) is 16.9 Å². The van der Waals surface area contributed by atoms with E-state index in [1.54, 1.807) is 26.0 Å². The van der Waals surface area contributed by atoms with Gasteiger partial charge in [-0.15, -0.1) is 0 Å². The minimum absolute atomic E-state index is 0.176. The van der Waals surface area contributed by atoms with Crippen molar-refractivity contribution in [2.75, 3.05) is 13.7 Å². The lowest BCUT2D eigenvalue weighted by Gasteiger charge is -2.34. The minimum atomic E-state index is -1.10. The first kappa shape index (κ1) is 13.8. The first-order valence-corrected chi connectivity index (χ1v) is 6.57. The average molecular weight is 292 g/mol. The lowest BCUT2D eigenvalue weighted by Crippen LogP contribution is -2.46. The molecule has 1 aromatic carbocycles. The Hall–Kier alpha value is -2.21. The molecular formula is C15H16O6. The number of rotatable bonds is 2. The molecule has 0 bridgehead atoms. The fourth-order valence-corrected chi connectivity index (χ4v) is 2.22. The fraction of sp³-hybridized carbons (Fsp3) is 0.400. The maximum absolute atomic E-state index is 11.5. The number of ether oxygens (including phenoxy) is 3. The zero-order valence-corrected chi connectivity index (χ0v) is 12.0. The van der Waals surface area contributed by atoms with E-state index in [1.165, 1.54) is 13.2 Å². The van der Waals surface area contributed by atoms with Crippen molar-refractivity contribution in [2.24, 2.45) is 0 Å². The summed E-state index contributed by atoms with van der Waals surface area (Å²) in [5, 5.41) is 10.8. The van der Waals surface area contributed by atoms with Crippen molar-refractivity contribution in [2.45, 2.75) is 25.6 Å². The highest BCUT2D eigenvalue weighted by molar-refractivity contribution is 5.88. The highest BCUT2D eigenvalue weighted by atomic mass is 16.6. The molecule has 0 saturated carbocycles. The molecular weight excluding hydrogens is 276 g/mol. The summed E-state index contributed by atoms with van der Waals surface area (Å²) in [4.78, 5) is 11.5. The monoisotopic (exact) mass is 292 g/mol. The van der Waals surface area contributed by atoms with Crippen molar-refractivity contribution in [3.8, 4) is 17.2 Å². The van der Waals surface area contributed by atoms with E-state index >= 15 is 0 Å². The number of benzene rings is 1. The maximum Gasteiger partial charge on any atom is 0.336 e. The Kier molecular flexibility index (Phi) is 3.06. The minimum Gasteiger partial charge on any atom is -0.493 e. The number of aliphatic hydroxyl groups is 1. The molecule has 0 amide bonds. The van der Waals surface area contributed by atoms with E-state index in [4.69, 9.17) is 18.6 Å². The van der Waals surface area contributed by atoms with Crippen LogP contribution >= 0.6 is 0 Å². The summed E-state index contributed by atoms with van der Waals surface area (Å²) in [6.45, 7) is 3.44. The summed E-state index contributed by atoms with van der Waals surface area (Å²) < 4.78 is 22.0. The van der Waals surface area contributed by atoms with Crippen LogP contribution in [0.2, 0.25) is 0 Å². The Bertz CT molecular complexity index is 740. The largest absolute Gasteiger partial charge is 0.493 e. The van der Waals surface area contributed by atoms with Gasteiger partial charge in [-0.3, -0.25) is 0 Å². The van der Waals surface area contributed by atoms with Gasteiger partial charge in [0.2, 0.25) is 11.5 Å². The van der Waals surface area contributed by atoms with Gasteiger partial charge in [0, 0.05) is 11.5 Å². The average Bonchev–Trinajstić information content (AvgIpc) is 2.45. The SMILES string of the molecule is COc1cc2ccc(=O)oc2c2c1OC[C@@H](C(C)(C)O)O2. The van der Waals surface area contributed by atoms with Crippen molar-refractivity contribution in [1.29, 1.82) is 0 Å². The fourth-order valence-electron chi connectivity index (χ4n) is 2.22. The first-order valence-electron chi connectivity index (χ1n) is 6.57. The molecule has 6 nitrogen and oxygen atoms in total. The molecule has 0 saturated heterocycles. The molecule has 2 heterocycles. The molecule has 6 heteroatoms. The van der Waals surface area contributed by atoms with Gasteiger partial charge in [0.25, 0.3) is 0 Å². The van der Waals surface area contributed by atoms with E-state index in [9.17, 15) is 9.90 Å². The van der Waals surface area contributed by atoms with Crippen LogP contribution in [0.25, 0.3) is 11.0 Å². The Balaban J connectivity index is 2.23. The summed E-state index contributed by atoms with van der Waals surface area (Å²) in [5.41, 5.74) is -1.29. The van der Waals surface area contributed by atoms with Gasteiger partial charge in [0.05, 0.1) is 12.7 Å². The molecule has 0 aliphatic carbocycles. The van der Waals surface area contributed by atoms with Crippen LogP contribution in [-0.4, -0.2) is 30.5 Å². The third-order valence-electron chi connectivity index (χ3n) is 3.43. The Morgan fingerprint density at radius 2 is 2.10 bits per heavy atom. The van der Waals surface area contributed by atoms with Crippen molar-refractivity contribution in [3.63, 3.8) is 0 Å². The second-order valence-electron chi connectivity index (χ2n) is 5.48. The van der Waals surface area contributed by atoms with Gasteiger partial charge in [0.15, 0.2) is 17.4 Å². The second kappa shape index (κ2) is 4.66. The Morgan fingerprint density at radius 3 is 2.76 bits per heavy atom. The van der Waals surface area contributed by atoms with Crippen LogP contribution in [0, 0.1) is 0 Å². The van der Waals surface area contributed by atoms with Crippen LogP contribution in [0.4, 0.5) is 0 Å². The number of methoxy groups -OCH3 is 1. The second-order valence-corrected chi connectivity index (χ2v) is 5.48. The molecule has 3 rings (SSSR count). The van der Waals surface area contributed by atoms with E-state index in [1.807, 2.05) is 0 Å².